The predicted octanol–water partition coefficient (Wildman–Crippen LogP) is 2.37. The summed E-state index contributed by atoms with van der Waals surface area (Å²) in [5.41, 5.74) is 4.55. The fourth-order valence-electron chi connectivity index (χ4n) is 3.15. The van der Waals surface area contributed by atoms with Gasteiger partial charge in [-0.15, -0.1) is 0 Å². The molecule has 3 atom stereocenters. The van der Waals surface area contributed by atoms with Crippen LogP contribution in [0.3, 0.4) is 0 Å². The molecule has 1 aromatic rings. The van der Waals surface area contributed by atoms with E-state index in [1.54, 1.807) is 0 Å². The Labute approximate surface area is 135 Å². The number of amidine groups is 1. The molecule has 2 aliphatic heterocycles. The van der Waals surface area contributed by atoms with Crippen molar-refractivity contribution in [2.75, 3.05) is 19.0 Å². The van der Waals surface area contributed by atoms with Crippen LogP contribution in [0.5, 0.6) is 0 Å². The van der Waals surface area contributed by atoms with E-state index in [2.05, 4.69) is 4.99 Å². The molecule has 0 aliphatic carbocycles. The molecule has 9 heteroatoms. The molecule has 1 fully saturated rings. The van der Waals surface area contributed by atoms with E-state index in [1.807, 2.05) is 0 Å². The number of benzene rings is 1. The van der Waals surface area contributed by atoms with Gasteiger partial charge in [-0.25, -0.2) is 8.78 Å². The highest BCUT2D eigenvalue weighted by Gasteiger charge is 2.50. The molecular formula is C14H15F2N3O3S. The van der Waals surface area contributed by atoms with Gasteiger partial charge in [-0.2, -0.15) is 0 Å². The average Bonchev–Trinajstić information content (AvgIpc) is 2.53. The van der Waals surface area contributed by atoms with Crippen LogP contribution >= 0.6 is 11.8 Å². The number of alkyl halides is 1. The number of non-ortho nitro benzene ring substituents is 1. The quantitative estimate of drug-likeness (QED) is 0.672. The number of hydrogen-bond acceptors (Lipinski definition) is 6. The molecule has 2 aliphatic rings. The van der Waals surface area contributed by atoms with Gasteiger partial charge in [0, 0.05) is 35.8 Å². The number of halogens is 2. The Bertz CT molecular complexity index is 673. The first-order chi connectivity index (χ1) is 11.0. The summed E-state index contributed by atoms with van der Waals surface area (Å²) < 4.78 is 33.0. The summed E-state index contributed by atoms with van der Waals surface area (Å²) in [5.74, 6) is -0.293. The normalized spacial score (nSPS) is 30.4. The fraction of sp³-hybridized carbons (Fsp3) is 0.500. The standard InChI is InChI=1S/C14H15F2N3O3S/c15-5-10-4-14(8(6-22-10)7-23-13(17)18-14)11-3-9(19(20)21)1-2-12(11)16/h1-3,8,10H,4-7H2,(H2,17,18)/t8?,10-,14?/m1/s1. The number of nitrogens with two attached hydrogens (primary N) is 1. The van der Waals surface area contributed by atoms with E-state index in [0.29, 0.717) is 5.75 Å². The van der Waals surface area contributed by atoms with Crippen LogP contribution in [-0.2, 0) is 10.3 Å². The van der Waals surface area contributed by atoms with Gasteiger partial charge >= 0.3 is 0 Å². The van der Waals surface area contributed by atoms with Crippen molar-refractivity contribution in [1.82, 2.24) is 0 Å². The molecule has 0 radical (unpaired) electrons. The van der Waals surface area contributed by atoms with Crippen LogP contribution in [0.4, 0.5) is 14.5 Å². The third kappa shape index (κ3) is 2.78. The number of fused-ring (bicyclic) bond motifs is 1. The SMILES string of the molecule is NC1=NC2(c3cc([N+](=O)[O-])ccc3F)C[C@H](CF)OCC2CS1. The predicted molar refractivity (Wildman–Crippen MR) is 82.6 cm³/mol. The summed E-state index contributed by atoms with van der Waals surface area (Å²) in [7, 11) is 0. The Kier molecular flexibility index (Phi) is 4.24. The molecule has 2 N–H and O–H groups in total. The molecule has 1 aromatic carbocycles. The van der Waals surface area contributed by atoms with Crippen LogP contribution in [0.15, 0.2) is 23.2 Å². The van der Waals surface area contributed by atoms with E-state index in [9.17, 15) is 18.9 Å². The zero-order chi connectivity index (χ0) is 16.6. The first-order valence-corrected chi connectivity index (χ1v) is 8.05. The Morgan fingerprint density at radius 1 is 1.57 bits per heavy atom. The van der Waals surface area contributed by atoms with Gasteiger partial charge in [0.25, 0.3) is 5.69 Å². The van der Waals surface area contributed by atoms with Crippen molar-refractivity contribution in [3.8, 4) is 0 Å². The lowest BCUT2D eigenvalue weighted by Crippen LogP contribution is -2.50. The minimum atomic E-state index is -1.12. The summed E-state index contributed by atoms with van der Waals surface area (Å²) in [4.78, 5) is 14.8. The van der Waals surface area contributed by atoms with Crippen LogP contribution in [0.25, 0.3) is 0 Å². The Morgan fingerprint density at radius 2 is 2.35 bits per heavy atom. The number of rotatable bonds is 3. The van der Waals surface area contributed by atoms with E-state index in [-0.39, 0.29) is 35.4 Å². The molecule has 2 unspecified atom stereocenters. The second-order valence-corrected chi connectivity index (χ2v) is 6.66. The molecule has 23 heavy (non-hydrogen) atoms. The molecule has 2 heterocycles. The van der Waals surface area contributed by atoms with Gasteiger partial charge in [0.2, 0.25) is 0 Å². The van der Waals surface area contributed by atoms with Crippen LogP contribution in [0, 0.1) is 21.8 Å². The minimum absolute atomic E-state index is 0.0849. The van der Waals surface area contributed by atoms with Crippen molar-refractivity contribution in [2.45, 2.75) is 18.1 Å². The van der Waals surface area contributed by atoms with Crippen LogP contribution < -0.4 is 5.73 Å². The molecule has 1 saturated heterocycles. The van der Waals surface area contributed by atoms with Gasteiger partial charge in [0.05, 0.1) is 23.2 Å². The molecule has 0 amide bonds. The first-order valence-electron chi connectivity index (χ1n) is 7.06. The van der Waals surface area contributed by atoms with E-state index in [1.165, 1.54) is 17.8 Å². The summed E-state index contributed by atoms with van der Waals surface area (Å²) in [6.45, 7) is -0.520. The summed E-state index contributed by atoms with van der Waals surface area (Å²) in [6, 6.07) is 3.32. The maximum atomic E-state index is 14.5. The number of hydrogen-bond donors (Lipinski definition) is 1. The molecule has 0 aromatic heterocycles. The number of ether oxygens (including phenoxy) is 1. The van der Waals surface area contributed by atoms with Crippen molar-refractivity contribution in [3.05, 3.63) is 39.7 Å². The second kappa shape index (κ2) is 6.04. The zero-order valence-electron chi connectivity index (χ0n) is 12.1. The Balaban J connectivity index is 2.16. The summed E-state index contributed by atoms with van der Waals surface area (Å²) in [5, 5.41) is 11.3. The Hall–Kier alpha value is -1.74. The lowest BCUT2D eigenvalue weighted by atomic mass is 9.73. The number of thioether (sulfide) groups is 1. The smallest absolute Gasteiger partial charge is 0.270 e. The molecule has 124 valence electrons. The first kappa shape index (κ1) is 16.1. The molecule has 0 spiro atoms. The fourth-order valence-corrected chi connectivity index (χ4v) is 4.12. The number of nitro benzene ring substituents is 1. The van der Waals surface area contributed by atoms with E-state index >= 15 is 0 Å². The molecule has 6 nitrogen and oxygen atoms in total. The molecular weight excluding hydrogens is 328 g/mol. The van der Waals surface area contributed by atoms with Gasteiger partial charge in [0.15, 0.2) is 5.17 Å². The maximum absolute atomic E-state index is 14.5. The number of nitro groups is 1. The zero-order valence-corrected chi connectivity index (χ0v) is 12.9. The highest BCUT2D eigenvalue weighted by atomic mass is 32.2. The maximum Gasteiger partial charge on any atom is 0.270 e. The van der Waals surface area contributed by atoms with E-state index in [0.717, 1.165) is 12.1 Å². The van der Waals surface area contributed by atoms with Crippen LogP contribution in [0.1, 0.15) is 12.0 Å². The third-order valence-corrected chi connectivity index (χ3v) is 5.24. The second-order valence-electron chi connectivity index (χ2n) is 5.62. The lowest BCUT2D eigenvalue weighted by molar-refractivity contribution is -0.385. The van der Waals surface area contributed by atoms with Crippen molar-refractivity contribution in [3.63, 3.8) is 0 Å². The van der Waals surface area contributed by atoms with Crippen molar-refractivity contribution in [2.24, 2.45) is 16.6 Å². The topological polar surface area (TPSA) is 90.8 Å². The van der Waals surface area contributed by atoms with E-state index in [4.69, 9.17) is 10.5 Å². The minimum Gasteiger partial charge on any atom is -0.379 e. The molecule has 0 bridgehead atoms. The molecule has 3 rings (SSSR count). The summed E-state index contributed by atoms with van der Waals surface area (Å²) in [6.07, 6.45) is -0.627. The summed E-state index contributed by atoms with van der Waals surface area (Å²) >= 11 is 1.32. The molecule has 0 saturated carbocycles. The average molecular weight is 343 g/mol. The monoisotopic (exact) mass is 343 g/mol. The Morgan fingerprint density at radius 3 is 3.04 bits per heavy atom. The largest absolute Gasteiger partial charge is 0.379 e. The van der Waals surface area contributed by atoms with Crippen LogP contribution in [0.2, 0.25) is 0 Å². The van der Waals surface area contributed by atoms with Crippen molar-refractivity contribution >= 4 is 22.6 Å². The number of aliphatic imine (C=N–C) groups is 1. The van der Waals surface area contributed by atoms with Crippen LogP contribution in [-0.4, -0.2) is 35.2 Å². The van der Waals surface area contributed by atoms with Gasteiger partial charge in [-0.1, -0.05) is 11.8 Å². The third-order valence-electron chi connectivity index (χ3n) is 4.29. The van der Waals surface area contributed by atoms with E-state index < -0.39 is 29.1 Å². The van der Waals surface area contributed by atoms with Gasteiger partial charge < -0.3 is 10.5 Å². The van der Waals surface area contributed by atoms with Crippen molar-refractivity contribution in [1.29, 1.82) is 0 Å². The number of nitrogens with zero attached hydrogens (tertiary/aromatic N) is 2. The van der Waals surface area contributed by atoms with Gasteiger partial charge in [-0.05, 0) is 6.07 Å². The lowest BCUT2D eigenvalue weighted by Gasteiger charge is -2.46. The van der Waals surface area contributed by atoms with Gasteiger partial charge in [-0.3, -0.25) is 15.1 Å². The highest BCUT2D eigenvalue weighted by molar-refractivity contribution is 8.13. The highest BCUT2D eigenvalue weighted by Crippen LogP contribution is 2.48. The van der Waals surface area contributed by atoms with Crippen molar-refractivity contribution < 1.29 is 18.4 Å². The van der Waals surface area contributed by atoms with Gasteiger partial charge in [0.1, 0.15) is 12.5 Å².